The number of unbranched alkanes of at least 4 members (excludes halogenated alkanes) is 2. The number of carbonyl (C=O) groups is 5. The van der Waals surface area contributed by atoms with Gasteiger partial charge < -0.3 is 40.6 Å². The second-order valence-electron chi connectivity index (χ2n) is 9.77. The van der Waals surface area contributed by atoms with Crippen LogP contribution in [-0.2, 0) is 156 Å². The van der Waals surface area contributed by atoms with E-state index in [2.05, 4.69) is 28.1 Å². The Balaban J connectivity index is -0.000000191. The molecule has 3 radical (unpaired) electrons. The molecular formula is C29H49NaO13SY3-2. The van der Waals surface area contributed by atoms with E-state index < -0.39 is 51.6 Å². The molecule has 13 nitrogen and oxygen atoms in total. The van der Waals surface area contributed by atoms with Crippen LogP contribution in [0.4, 0.5) is 0 Å². The van der Waals surface area contributed by atoms with Crippen LogP contribution in [0.15, 0.2) is 0 Å². The van der Waals surface area contributed by atoms with Gasteiger partial charge in [-0.05, 0) is 24.7 Å². The molecule has 0 spiro atoms. The van der Waals surface area contributed by atoms with Crippen molar-refractivity contribution in [3.63, 3.8) is 0 Å². The molecule has 0 N–H and O–H groups in total. The maximum atomic E-state index is 12.1. The Morgan fingerprint density at radius 1 is 0.745 bits per heavy atom. The van der Waals surface area contributed by atoms with Crippen LogP contribution in [0, 0.1) is 24.2 Å². The largest absolute Gasteiger partial charge is 1.00 e. The molecule has 0 aromatic heterocycles. The minimum atomic E-state index is -5.01. The zero-order valence-corrected chi connectivity index (χ0v) is 40.6. The smallest absolute Gasteiger partial charge is 0.747 e. The number of carbonyl (C=O) groups excluding carboxylic acids is 5. The Bertz CT molecular complexity index is 938. The number of esters is 5. The van der Waals surface area contributed by atoms with E-state index in [9.17, 15) is 36.9 Å². The number of methoxy groups -OCH3 is 3. The van der Waals surface area contributed by atoms with Gasteiger partial charge in [-0.2, -0.15) is 0 Å². The summed E-state index contributed by atoms with van der Waals surface area (Å²) in [5, 5.41) is -2.06. The summed E-state index contributed by atoms with van der Waals surface area (Å²) in [6.45, 7) is 8.26. The average molecular weight is 927 g/mol. The van der Waals surface area contributed by atoms with Gasteiger partial charge in [0.15, 0.2) is 5.25 Å². The molecule has 0 heterocycles. The maximum Gasteiger partial charge on any atom is 1.00 e. The maximum absolute atomic E-state index is 12.1. The molecule has 47 heavy (non-hydrogen) atoms. The molecule has 0 aliphatic rings. The SMILES string of the molecule is CCCCC(CC)COC(=O)CC(C(=O)OCC(CC)CCCC)S(=O)(=O)[O-].COC(=O)[CH-][C-](CC(=O)OC)C(=O)OC.[Na+].[Y].[Y].[Y]. The summed E-state index contributed by atoms with van der Waals surface area (Å²) in [7, 11) is -1.54. The van der Waals surface area contributed by atoms with Crippen molar-refractivity contribution < 1.29 is 188 Å². The van der Waals surface area contributed by atoms with Gasteiger partial charge in [0.2, 0.25) is 0 Å². The molecule has 0 aromatic rings. The first kappa shape index (κ1) is 60.4. The predicted molar refractivity (Wildman–Crippen MR) is 155 cm³/mol. The number of ether oxygens (including phenoxy) is 5. The first-order valence-electron chi connectivity index (χ1n) is 14.4. The van der Waals surface area contributed by atoms with Crippen molar-refractivity contribution in [3.8, 4) is 0 Å². The average Bonchev–Trinajstić information content (AvgIpc) is 2.98. The molecule has 0 aliphatic heterocycles. The van der Waals surface area contributed by atoms with Gasteiger partial charge in [0.25, 0.3) is 5.97 Å². The van der Waals surface area contributed by atoms with Crippen LogP contribution >= 0.6 is 0 Å². The summed E-state index contributed by atoms with van der Waals surface area (Å²) in [5.41, 5.74) is 0. The number of hydrogen-bond donors (Lipinski definition) is 0. The molecule has 18 heteroatoms. The van der Waals surface area contributed by atoms with Crippen molar-refractivity contribution >= 4 is 40.0 Å². The number of hydrogen-bond acceptors (Lipinski definition) is 13. The molecule has 0 saturated heterocycles. The fourth-order valence-corrected chi connectivity index (χ4v) is 4.20. The second-order valence-corrected chi connectivity index (χ2v) is 11.3. The van der Waals surface area contributed by atoms with Crippen LogP contribution in [0.1, 0.15) is 91.9 Å². The third kappa shape index (κ3) is 31.8. The normalized spacial score (nSPS) is 11.7. The molecule has 261 valence electrons. The van der Waals surface area contributed by atoms with E-state index in [1.54, 1.807) is 0 Å². The molecule has 0 rings (SSSR count). The van der Waals surface area contributed by atoms with Crippen molar-refractivity contribution in [2.75, 3.05) is 34.5 Å². The monoisotopic (exact) mass is 927 g/mol. The Morgan fingerprint density at radius 3 is 1.57 bits per heavy atom. The van der Waals surface area contributed by atoms with E-state index >= 15 is 0 Å². The van der Waals surface area contributed by atoms with Crippen LogP contribution in [0.25, 0.3) is 0 Å². The minimum absolute atomic E-state index is 0. The van der Waals surface area contributed by atoms with Crippen molar-refractivity contribution in [1.29, 1.82) is 0 Å². The minimum Gasteiger partial charge on any atom is -0.747 e. The van der Waals surface area contributed by atoms with E-state index in [-0.39, 0.29) is 165 Å². The summed E-state index contributed by atoms with van der Waals surface area (Å²) in [5.74, 6) is -4.01. The van der Waals surface area contributed by atoms with Gasteiger partial charge in [-0.15, -0.1) is 0 Å². The fourth-order valence-electron chi connectivity index (χ4n) is 3.56. The van der Waals surface area contributed by atoms with Gasteiger partial charge in [-0.3, -0.25) is 24.0 Å². The van der Waals surface area contributed by atoms with Crippen LogP contribution in [0.2, 0.25) is 0 Å². The van der Waals surface area contributed by atoms with Crippen LogP contribution in [-0.4, -0.2) is 82.6 Å². The molecule has 0 bridgehead atoms. The predicted octanol–water partition coefficient (Wildman–Crippen LogP) is 0.480. The summed E-state index contributed by atoms with van der Waals surface area (Å²) in [6, 6.07) is 0. The van der Waals surface area contributed by atoms with E-state index in [1.165, 1.54) is 7.11 Å². The Kier molecular flexibility index (Phi) is 47.7. The zero-order valence-electron chi connectivity index (χ0n) is 29.2. The Morgan fingerprint density at radius 2 is 1.21 bits per heavy atom. The van der Waals surface area contributed by atoms with Gasteiger partial charge in [0, 0.05) is 98.1 Å². The summed E-state index contributed by atoms with van der Waals surface area (Å²) in [4.78, 5) is 57.0. The van der Waals surface area contributed by atoms with Crippen molar-refractivity contribution in [1.82, 2.24) is 0 Å². The fraction of sp³-hybridized carbons (Fsp3) is 0.759. The van der Waals surface area contributed by atoms with Crippen molar-refractivity contribution in [2.45, 2.75) is 97.2 Å². The first-order valence-corrected chi connectivity index (χ1v) is 15.9. The number of rotatable bonds is 21. The molecule has 3 atom stereocenters. The molecular weight excluding hydrogens is 878 g/mol. The van der Waals surface area contributed by atoms with Gasteiger partial charge in [0.1, 0.15) is 22.1 Å². The first-order chi connectivity index (χ1) is 20.2. The van der Waals surface area contributed by atoms with Crippen molar-refractivity contribution in [3.05, 3.63) is 12.3 Å². The topological polar surface area (TPSA) is 189 Å². The van der Waals surface area contributed by atoms with E-state index in [0.717, 1.165) is 72.0 Å². The summed E-state index contributed by atoms with van der Waals surface area (Å²) in [6.07, 6.45) is 7.14. The molecule has 0 saturated carbocycles. The van der Waals surface area contributed by atoms with Crippen LogP contribution < -0.4 is 29.6 Å². The Hall–Kier alpha value is 1.31. The second kappa shape index (κ2) is 37.1. The van der Waals surface area contributed by atoms with E-state index in [0.29, 0.717) is 0 Å². The van der Waals surface area contributed by atoms with E-state index in [1.807, 2.05) is 13.8 Å². The zero-order chi connectivity index (χ0) is 33.4. The van der Waals surface area contributed by atoms with Crippen molar-refractivity contribution in [2.24, 2.45) is 11.8 Å². The van der Waals surface area contributed by atoms with Crippen LogP contribution in [0.5, 0.6) is 0 Å². The van der Waals surface area contributed by atoms with Crippen LogP contribution in [0.3, 0.4) is 0 Å². The van der Waals surface area contributed by atoms with Gasteiger partial charge in [0.05, 0.1) is 41.0 Å². The summed E-state index contributed by atoms with van der Waals surface area (Å²) < 4.78 is 57.6. The molecule has 0 fully saturated rings. The standard InChI is InChI=1S/C20H38O7S.C9H12O6.Na.3Y/c1-5-9-11-16(7-3)14-26-19(21)13-18(28(23,24)25)20(22)27-15-17(8-4)12-10-6-2;1-13-7(10)4-6(9(12)15-3)5-8(11)14-2;;;;/h16-18H,5-15H2,1-4H3,(H,23,24,25);4H,5H2,1-3H3;;;;/q;-2;+1;;;/p-1. The Labute approximate surface area is 379 Å². The van der Waals surface area contributed by atoms with E-state index in [4.69, 9.17) is 9.47 Å². The van der Waals surface area contributed by atoms with Gasteiger partial charge in [-0.25, -0.2) is 8.42 Å². The third-order valence-electron chi connectivity index (χ3n) is 6.49. The third-order valence-corrected chi connectivity index (χ3v) is 7.55. The van der Waals surface area contributed by atoms with Gasteiger partial charge >= 0.3 is 41.5 Å². The molecule has 3 unspecified atom stereocenters. The van der Waals surface area contributed by atoms with Gasteiger partial charge in [-0.1, -0.05) is 72.6 Å². The molecule has 0 aromatic carbocycles. The molecule has 0 amide bonds. The molecule has 0 aliphatic carbocycles. The summed E-state index contributed by atoms with van der Waals surface area (Å²) >= 11 is 0. The quantitative estimate of drug-likeness (QED) is 0.0509.